The van der Waals surface area contributed by atoms with Crippen LogP contribution in [0.3, 0.4) is 0 Å². The van der Waals surface area contributed by atoms with Crippen LogP contribution in [0.25, 0.3) is 22.6 Å². The van der Waals surface area contributed by atoms with Crippen molar-refractivity contribution in [1.82, 2.24) is 35.5 Å². The molecule has 5 atom stereocenters. The third-order valence-electron chi connectivity index (χ3n) is 9.56. The molecule has 14 nitrogen and oxygen atoms in total. The molecular weight excluding hydrogens is 654 g/mol. The number of alkyl carbamates (subject to hydrolysis) is 1. The van der Waals surface area contributed by atoms with Crippen molar-refractivity contribution in [3.63, 3.8) is 0 Å². The highest BCUT2D eigenvalue weighted by atomic mass is 16.6. The van der Waals surface area contributed by atoms with E-state index in [2.05, 4.69) is 15.6 Å². The maximum Gasteiger partial charge on any atom is 0.408 e. The first-order chi connectivity index (χ1) is 24.4. The molecule has 2 fully saturated rings. The van der Waals surface area contributed by atoms with E-state index in [1.165, 1.54) is 9.70 Å². The third kappa shape index (κ3) is 7.89. The zero-order chi connectivity index (χ0) is 36.3. The van der Waals surface area contributed by atoms with E-state index in [1.54, 1.807) is 40.1 Å². The first-order valence-corrected chi connectivity index (χ1v) is 17.4. The van der Waals surface area contributed by atoms with Crippen LogP contribution < -0.4 is 15.4 Å². The second-order valence-electron chi connectivity index (χ2n) is 14.4. The van der Waals surface area contributed by atoms with Gasteiger partial charge in [0.1, 0.15) is 40.4 Å². The molecule has 6 rings (SSSR count). The second-order valence-corrected chi connectivity index (χ2v) is 14.4. The summed E-state index contributed by atoms with van der Waals surface area (Å²) in [5.41, 5.74) is 0.190. The fourth-order valence-electron chi connectivity index (χ4n) is 6.80. The number of fused-ring (bicyclic) bond motifs is 2. The molecule has 1 aliphatic carbocycles. The lowest BCUT2D eigenvalue weighted by atomic mass is 10.0. The normalized spacial score (nSPS) is 26.1. The summed E-state index contributed by atoms with van der Waals surface area (Å²) >= 11 is 0. The van der Waals surface area contributed by atoms with Gasteiger partial charge in [-0.15, -0.1) is 0 Å². The van der Waals surface area contributed by atoms with E-state index in [4.69, 9.17) is 19.7 Å². The van der Waals surface area contributed by atoms with E-state index in [0.29, 0.717) is 35.7 Å². The SMILES string of the molecule is COc1ccc(-c2nn([C@H]3C[C@H]4C(=O)N[C@@]5(C(=O)O)C[C@@H]5/C=C\CCCCC[C@@H](NC(=O)OC(C)(C)C)C(=O)N4C3)nc2-c2ccccn2)cc1. The summed E-state index contributed by atoms with van der Waals surface area (Å²) in [5.74, 6) is -1.84. The number of amides is 3. The number of aromatic nitrogens is 4. The molecule has 0 unspecified atom stereocenters. The third-order valence-corrected chi connectivity index (χ3v) is 9.56. The Morgan fingerprint density at radius 2 is 1.80 bits per heavy atom. The second kappa shape index (κ2) is 14.5. The van der Waals surface area contributed by atoms with Crippen molar-refractivity contribution >= 4 is 23.9 Å². The first-order valence-electron chi connectivity index (χ1n) is 17.4. The highest BCUT2D eigenvalue weighted by molar-refractivity contribution is 5.96. The van der Waals surface area contributed by atoms with Crippen LogP contribution in [0.4, 0.5) is 4.79 Å². The molecule has 0 bridgehead atoms. The zero-order valence-corrected chi connectivity index (χ0v) is 29.4. The van der Waals surface area contributed by atoms with Crippen molar-refractivity contribution < 1.29 is 33.8 Å². The Bertz CT molecular complexity index is 1790. The van der Waals surface area contributed by atoms with E-state index in [9.17, 15) is 24.3 Å². The van der Waals surface area contributed by atoms with Crippen LogP contribution in [-0.2, 0) is 19.1 Å². The van der Waals surface area contributed by atoms with Crippen LogP contribution >= 0.6 is 0 Å². The van der Waals surface area contributed by atoms with E-state index in [-0.39, 0.29) is 25.3 Å². The summed E-state index contributed by atoms with van der Waals surface area (Å²) in [6.07, 6.45) is 8.49. The summed E-state index contributed by atoms with van der Waals surface area (Å²) in [6.45, 7) is 5.27. The molecule has 0 spiro atoms. The highest BCUT2D eigenvalue weighted by Gasteiger charge is 2.61. The molecule has 270 valence electrons. The number of rotatable bonds is 6. The molecule has 3 aromatic rings. The molecule has 4 heterocycles. The Hall–Kier alpha value is -5.27. The van der Waals surface area contributed by atoms with Gasteiger partial charge in [-0.25, -0.2) is 9.59 Å². The van der Waals surface area contributed by atoms with Crippen molar-refractivity contribution in [3.05, 3.63) is 60.8 Å². The number of pyridine rings is 1. The predicted octanol–water partition coefficient (Wildman–Crippen LogP) is 4.53. The van der Waals surface area contributed by atoms with Gasteiger partial charge in [0.15, 0.2) is 0 Å². The van der Waals surface area contributed by atoms with Gasteiger partial charge in [0.05, 0.1) is 18.8 Å². The number of hydrogen-bond donors (Lipinski definition) is 3. The van der Waals surface area contributed by atoms with Crippen molar-refractivity contribution in [2.24, 2.45) is 5.92 Å². The number of hydrogen-bond acceptors (Lipinski definition) is 9. The number of carbonyl (C=O) groups is 4. The smallest absolute Gasteiger partial charge is 0.408 e. The lowest BCUT2D eigenvalue weighted by Crippen LogP contribution is -2.56. The minimum absolute atomic E-state index is 0.0468. The van der Waals surface area contributed by atoms with Crippen LogP contribution in [0.15, 0.2) is 60.8 Å². The topological polar surface area (TPSA) is 178 Å². The van der Waals surface area contributed by atoms with Crippen LogP contribution in [0.2, 0.25) is 0 Å². The van der Waals surface area contributed by atoms with E-state index in [0.717, 1.165) is 24.8 Å². The molecule has 1 saturated carbocycles. The van der Waals surface area contributed by atoms with Crippen molar-refractivity contribution in [1.29, 1.82) is 0 Å². The number of ether oxygens (including phenoxy) is 2. The molecule has 2 aromatic heterocycles. The Labute approximate surface area is 296 Å². The van der Waals surface area contributed by atoms with Crippen molar-refractivity contribution in [2.75, 3.05) is 13.7 Å². The zero-order valence-electron chi connectivity index (χ0n) is 29.4. The van der Waals surface area contributed by atoms with Crippen LogP contribution in [-0.4, -0.2) is 90.7 Å². The Morgan fingerprint density at radius 3 is 2.49 bits per heavy atom. The first kappa shape index (κ1) is 35.6. The van der Waals surface area contributed by atoms with Crippen molar-refractivity contribution in [3.8, 4) is 28.4 Å². The van der Waals surface area contributed by atoms with Gasteiger partial charge >= 0.3 is 12.1 Å². The van der Waals surface area contributed by atoms with Crippen LogP contribution in [0, 0.1) is 5.92 Å². The standard InChI is InChI=1S/C37H45N7O7/c1-36(2,3)51-35(49)39-28-14-9-7-5-6-8-12-24-21-37(24,34(47)48)40-32(45)29-20-25(22-43(29)33(28)46)44-41-30(23-15-17-26(50-4)18-16-23)31(42-44)27-13-10-11-19-38-27/h8,10-13,15-19,24-25,28-29H,5-7,9,14,20-22H2,1-4H3,(H,39,49)(H,40,45)(H,47,48)/b12-8-/t24-,25-,28+,29-,37-/m0/s1. The molecule has 1 saturated heterocycles. The number of nitrogens with one attached hydrogen (secondary N) is 2. The van der Waals surface area contributed by atoms with Gasteiger partial charge in [0.2, 0.25) is 11.8 Å². The number of carboxylic acids is 1. The maximum atomic E-state index is 14.4. The number of nitrogens with zero attached hydrogens (tertiary/aromatic N) is 5. The summed E-state index contributed by atoms with van der Waals surface area (Å²) in [6, 6.07) is 10.3. The average molecular weight is 700 g/mol. The predicted molar refractivity (Wildman–Crippen MR) is 186 cm³/mol. The molecule has 3 amide bonds. The van der Waals surface area contributed by atoms with Crippen LogP contribution in [0.5, 0.6) is 5.75 Å². The molecule has 3 aliphatic rings. The van der Waals surface area contributed by atoms with E-state index in [1.807, 2.05) is 48.6 Å². The number of methoxy groups -OCH3 is 1. The molecule has 2 aliphatic heterocycles. The highest BCUT2D eigenvalue weighted by Crippen LogP contribution is 2.45. The summed E-state index contributed by atoms with van der Waals surface area (Å²) in [4.78, 5) is 61.5. The van der Waals surface area contributed by atoms with Gasteiger partial charge < -0.3 is 30.1 Å². The maximum absolute atomic E-state index is 14.4. The summed E-state index contributed by atoms with van der Waals surface area (Å²) in [5, 5.41) is 25.5. The van der Waals surface area contributed by atoms with Gasteiger partial charge in [-0.2, -0.15) is 15.0 Å². The van der Waals surface area contributed by atoms with Gasteiger partial charge in [-0.1, -0.05) is 31.1 Å². The van der Waals surface area contributed by atoms with E-state index >= 15 is 0 Å². The minimum Gasteiger partial charge on any atom is -0.497 e. The van der Waals surface area contributed by atoms with Crippen molar-refractivity contribution in [2.45, 2.75) is 95.0 Å². The number of allylic oxidation sites excluding steroid dienone is 1. The Kier molecular flexibility index (Phi) is 10.1. The van der Waals surface area contributed by atoms with Crippen LogP contribution in [0.1, 0.15) is 71.8 Å². The fourth-order valence-corrected chi connectivity index (χ4v) is 6.80. The monoisotopic (exact) mass is 699 g/mol. The number of aliphatic carboxylic acids is 1. The van der Waals surface area contributed by atoms with E-state index < -0.39 is 53.1 Å². The fraction of sp³-hybridized carbons (Fsp3) is 0.486. The molecule has 1 aromatic carbocycles. The lowest BCUT2D eigenvalue weighted by molar-refractivity contribution is -0.145. The Balaban J connectivity index is 1.37. The molecule has 14 heteroatoms. The average Bonchev–Trinajstić information content (AvgIpc) is 3.40. The molecular formula is C37H45N7O7. The van der Waals surface area contributed by atoms with Gasteiger partial charge in [-0.05, 0) is 82.9 Å². The number of carboxylic acid groups (broad SMARTS) is 1. The number of carbonyl (C=O) groups excluding carboxylic acids is 3. The Morgan fingerprint density at radius 1 is 1.04 bits per heavy atom. The largest absolute Gasteiger partial charge is 0.497 e. The quantitative estimate of drug-likeness (QED) is 0.310. The van der Waals surface area contributed by atoms with Gasteiger partial charge in [0, 0.05) is 30.6 Å². The lowest BCUT2D eigenvalue weighted by Gasteiger charge is -2.30. The van der Waals surface area contributed by atoms with Gasteiger partial charge in [0.25, 0.3) is 0 Å². The minimum atomic E-state index is -1.45. The molecule has 3 N–H and O–H groups in total. The van der Waals surface area contributed by atoms with Gasteiger partial charge in [-0.3, -0.25) is 14.6 Å². The number of benzene rings is 1. The summed E-state index contributed by atoms with van der Waals surface area (Å²) in [7, 11) is 1.59. The molecule has 0 radical (unpaired) electrons. The summed E-state index contributed by atoms with van der Waals surface area (Å²) < 4.78 is 10.8. The molecule has 51 heavy (non-hydrogen) atoms.